The number of benzene rings is 1. The molecule has 0 saturated carbocycles. The van der Waals surface area contributed by atoms with Gasteiger partial charge >= 0.3 is 0 Å². The summed E-state index contributed by atoms with van der Waals surface area (Å²) in [6.45, 7) is 9.59. The summed E-state index contributed by atoms with van der Waals surface area (Å²) in [5.74, 6) is 1.56. The van der Waals surface area contributed by atoms with E-state index in [-0.39, 0.29) is 0 Å². The van der Waals surface area contributed by atoms with Gasteiger partial charge in [0.25, 0.3) is 0 Å². The lowest BCUT2D eigenvalue weighted by atomic mass is 9.60. The van der Waals surface area contributed by atoms with Gasteiger partial charge in [-0.25, -0.2) is 0 Å². The largest absolute Gasteiger partial charge is 0.0622 e. The van der Waals surface area contributed by atoms with Gasteiger partial charge in [-0.05, 0) is 47.6 Å². The molecule has 0 aromatic heterocycles. The van der Waals surface area contributed by atoms with Gasteiger partial charge in [-0.1, -0.05) is 52.0 Å². The minimum Gasteiger partial charge on any atom is -0.0622 e. The van der Waals surface area contributed by atoms with E-state index >= 15 is 0 Å². The van der Waals surface area contributed by atoms with E-state index in [2.05, 4.69) is 52.0 Å². The van der Waals surface area contributed by atoms with E-state index in [9.17, 15) is 0 Å². The summed E-state index contributed by atoms with van der Waals surface area (Å²) in [4.78, 5) is 0. The molecule has 1 aliphatic rings. The lowest BCUT2D eigenvalue weighted by Gasteiger charge is -2.45. The van der Waals surface area contributed by atoms with Crippen LogP contribution in [-0.2, 0) is 12.8 Å². The predicted molar refractivity (Wildman–Crippen MR) is 70.6 cm³/mol. The average Bonchev–Trinajstić information content (AvgIpc) is 2.27. The zero-order chi connectivity index (χ0) is 11.8. The Morgan fingerprint density at radius 3 is 2.06 bits per heavy atom. The third-order valence-electron chi connectivity index (χ3n) is 4.80. The van der Waals surface area contributed by atoms with Gasteiger partial charge in [-0.2, -0.15) is 0 Å². The Labute approximate surface area is 100 Å². The van der Waals surface area contributed by atoms with Gasteiger partial charge in [0.05, 0.1) is 0 Å². The first-order chi connectivity index (χ1) is 7.56. The van der Waals surface area contributed by atoms with E-state index in [1.165, 1.54) is 19.3 Å². The molecule has 0 atom stereocenters. The highest BCUT2D eigenvalue weighted by molar-refractivity contribution is 5.31. The fourth-order valence-corrected chi connectivity index (χ4v) is 3.44. The lowest BCUT2D eigenvalue weighted by Crippen LogP contribution is -2.38. The van der Waals surface area contributed by atoms with Crippen molar-refractivity contribution < 1.29 is 0 Å². The summed E-state index contributed by atoms with van der Waals surface area (Å²) in [6.07, 6.45) is 3.91. The molecule has 88 valence electrons. The molecule has 0 fully saturated rings. The zero-order valence-electron chi connectivity index (χ0n) is 11.1. The van der Waals surface area contributed by atoms with Crippen LogP contribution in [0, 0.1) is 17.3 Å². The van der Waals surface area contributed by atoms with Crippen LogP contribution in [0.25, 0.3) is 0 Å². The Balaban J connectivity index is 2.35. The quantitative estimate of drug-likeness (QED) is 0.684. The van der Waals surface area contributed by atoms with Crippen molar-refractivity contribution >= 4 is 0 Å². The number of hydrogen-bond donors (Lipinski definition) is 0. The second-order valence-corrected chi connectivity index (χ2v) is 5.99. The maximum absolute atomic E-state index is 2.40. The Bertz CT molecular complexity index is 352. The van der Waals surface area contributed by atoms with E-state index in [0.29, 0.717) is 5.41 Å². The Hall–Kier alpha value is -0.780. The summed E-state index contributed by atoms with van der Waals surface area (Å²) in [6, 6.07) is 9.00. The molecule has 0 unspecified atom stereocenters. The fourth-order valence-electron chi connectivity index (χ4n) is 3.44. The number of hydrogen-bond acceptors (Lipinski definition) is 0. The Morgan fingerprint density at radius 2 is 1.50 bits per heavy atom. The average molecular weight is 216 g/mol. The van der Waals surface area contributed by atoms with E-state index in [1.54, 1.807) is 11.1 Å². The first-order valence-electron chi connectivity index (χ1n) is 6.63. The molecule has 0 radical (unpaired) electrons. The summed E-state index contributed by atoms with van der Waals surface area (Å²) >= 11 is 0. The minimum absolute atomic E-state index is 0.522. The first-order valence-corrected chi connectivity index (χ1v) is 6.63. The predicted octanol–water partition coefficient (Wildman–Crippen LogP) is 4.47. The number of rotatable bonds is 2. The molecule has 0 saturated heterocycles. The summed E-state index contributed by atoms with van der Waals surface area (Å²) in [7, 11) is 0. The van der Waals surface area contributed by atoms with Gasteiger partial charge < -0.3 is 0 Å². The second kappa shape index (κ2) is 4.24. The minimum atomic E-state index is 0.522. The van der Waals surface area contributed by atoms with Crippen molar-refractivity contribution in [2.24, 2.45) is 17.3 Å². The second-order valence-electron chi connectivity index (χ2n) is 5.99. The number of fused-ring (bicyclic) bond motifs is 1. The molecule has 2 rings (SSSR count). The van der Waals surface area contributed by atoms with Gasteiger partial charge in [0.2, 0.25) is 0 Å². The molecule has 0 heteroatoms. The Morgan fingerprint density at radius 1 is 0.938 bits per heavy atom. The van der Waals surface area contributed by atoms with Crippen molar-refractivity contribution in [3.63, 3.8) is 0 Å². The maximum atomic E-state index is 2.40. The molecular weight excluding hydrogens is 192 g/mol. The monoisotopic (exact) mass is 216 g/mol. The van der Waals surface area contributed by atoms with Crippen LogP contribution in [0.15, 0.2) is 24.3 Å². The fraction of sp³-hybridized carbons (Fsp3) is 0.625. The molecule has 0 N–H and O–H groups in total. The van der Waals surface area contributed by atoms with Gasteiger partial charge in [-0.3, -0.25) is 0 Å². The maximum Gasteiger partial charge on any atom is -0.0208 e. The molecule has 0 bridgehead atoms. The van der Waals surface area contributed by atoms with Crippen LogP contribution in [0.5, 0.6) is 0 Å². The van der Waals surface area contributed by atoms with Crippen molar-refractivity contribution in [1.82, 2.24) is 0 Å². The molecule has 1 aromatic rings. The molecule has 0 aliphatic heterocycles. The van der Waals surface area contributed by atoms with Crippen LogP contribution in [-0.4, -0.2) is 0 Å². The molecule has 0 nitrogen and oxygen atoms in total. The van der Waals surface area contributed by atoms with E-state index in [1.807, 2.05) is 0 Å². The highest BCUT2D eigenvalue weighted by Crippen LogP contribution is 2.46. The third kappa shape index (κ3) is 1.79. The van der Waals surface area contributed by atoms with Gasteiger partial charge in [-0.15, -0.1) is 0 Å². The van der Waals surface area contributed by atoms with Gasteiger partial charge in [0, 0.05) is 0 Å². The van der Waals surface area contributed by atoms with Crippen molar-refractivity contribution in [3.8, 4) is 0 Å². The van der Waals surface area contributed by atoms with Crippen LogP contribution in [0.1, 0.15) is 45.2 Å². The normalized spacial score (nSPS) is 18.9. The Kier molecular flexibility index (Phi) is 3.10. The standard InChI is InChI=1S/C16H24/c1-12(2)16(13(3)4)10-9-14-7-5-6-8-15(14)11-16/h5-8,12-13H,9-11H2,1-4H3. The molecular formula is C16H24. The topological polar surface area (TPSA) is 0 Å². The molecule has 0 spiro atoms. The molecule has 1 aromatic carbocycles. The van der Waals surface area contributed by atoms with Crippen LogP contribution in [0.2, 0.25) is 0 Å². The van der Waals surface area contributed by atoms with Crippen molar-refractivity contribution in [3.05, 3.63) is 35.4 Å². The van der Waals surface area contributed by atoms with E-state index in [4.69, 9.17) is 0 Å². The molecule has 0 heterocycles. The highest BCUT2D eigenvalue weighted by Gasteiger charge is 2.39. The first kappa shape index (κ1) is 11.7. The summed E-state index contributed by atoms with van der Waals surface area (Å²) in [5.41, 5.74) is 3.70. The van der Waals surface area contributed by atoms with Crippen LogP contribution in [0.4, 0.5) is 0 Å². The lowest BCUT2D eigenvalue weighted by molar-refractivity contribution is 0.0902. The molecule has 0 amide bonds. The smallest absolute Gasteiger partial charge is 0.0208 e. The number of aryl methyl sites for hydroxylation is 1. The van der Waals surface area contributed by atoms with E-state index < -0.39 is 0 Å². The van der Waals surface area contributed by atoms with Crippen molar-refractivity contribution in [1.29, 1.82) is 0 Å². The summed E-state index contributed by atoms with van der Waals surface area (Å²) in [5, 5.41) is 0. The van der Waals surface area contributed by atoms with Crippen LogP contribution >= 0.6 is 0 Å². The SMILES string of the molecule is CC(C)C1(C(C)C)CCc2ccccc2C1. The molecule has 1 aliphatic carbocycles. The van der Waals surface area contributed by atoms with Crippen LogP contribution < -0.4 is 0 Å². The van der Waals surface area contributed by atoms with E-state index in [0.717, 1.165) is 11.8 Å². The molecule has 16 heavy (non-hydrogen) atoms. The van der Waals surface area contributed by atoms with Crippen molar-refractivity contribution in [2.45, 2.75) is 47.0 Å². The highest BCUT2D eigenvalue weighted by atomic mass is 14.4. The van der Waals surface area contributed by atoms with Gasteiger partial charge in [0.1, 0.15) is 0 Å². The summed E-state index contributed by atoms with van der Waals surface area (Å²) < 4.78 is 0. The van der Waals surface area contributed by atoms with Crippen molar-refractivity contribution in [2.75, 3.05) is 0 Å². The van der Waals surface area contributed by atoms with Gasteiger partial charge in [0.15, 0.2) is 0 Å². The van der Waals surface area contributed by atoms with Crippen LogP contribution in [0.3, 0.4) is 0 Å². The zero-order valence-corrected chi connectivity index (χ0v) is 11.1. The third-order valence-corrected chi connectivity index (χ3v) is 4.80.